The number of hydrogen-bond donors (Lipinski definition) is 0. The van der Waals surface area contributed by atoms with Crippen LogP contribution in [0, 0.1) is 10.8 Å². The first-order valence-corrected chi connectivity index (χ1v) is 14.9. The number of ether oxygens (including phenoxy) is 4. The van der Waals surface area contributed by atoms with Gasteiger partial charge in [0.25, 0.3) is 0 Å². The number of rotatable bonds is 9. The zero-order chi connectivity index (χ0) is 48.5. The number of methoxy groups -OCH3 is 4. The van der Waals surface area contributed by atoms with Crippen molar-refractivity contribution in [3.63, 3.8) is 0 Å². The summed E-state index contributed by atoms with van der Waals surface area (Å²) in [5.74, 6) is 0. The van der Waals surface area contributed by atoms with Crippen LogP contribution in [0.5, 0.6) is 0 Å². The average molecular weight is 933 g/mol. The van der Waals surface area contributed by atoms with E-state index < -0.39 is 107 Å². The van der Waals surface area contributed by atoms with E-state index in [1.165, 1.54) is 5.56 Å². The van der Waals surface area contributed by atoms with Crippen molar-refractivity contribution in [3.05, 3.63) is 79.9 Å². The predicted octanol–water partition coefficient (Wildman–Crippen LogP) is 12.3. The Labute approximate surface area is 322 Å². The minimum atomic E-state index is -7.27. The molecule has 0 aliphatic heterocycles. The Morgan fingerprint density at radius 2 is 0.717 bits per heavy atom. The number of hydrogen-bond acceptors (Lipinski definition) is 4. The van der Waals surface area contributed by atoms with Crippen LogP contribution in [0.15, 0.2) is 74.4 Å². The van der Waals surface area contributed by atoms with Gasteiger partial charge in [-0.2, -0.15) is 105 Å². The van der Waals surface area contributed by atoms with E-state index in [0.717, 1.165) is 0 Å². The van der Waals surface area contributed by atoms with E-state index in [1.54, 1.807) is 0 Å². The van der Waals surface area contributed by atoms with Crippen LogP contribution < -0.4 is 0 Å². The van der Waals surface area contributed by atoms with Crippen LogP contribution in [0.1, 0.15) is 5.56 Å². The summed E-state index contributed by atoms with van der Waals surface area (Å²) in [4.78, 5) is 0. The third-order valence-electron chi connectivity index (χ3n) is 9.06. The van der Waals surface area contributed by atoms with Gasteiger partial charge in [0.1, 0.15) is 0 Å². The Morgan fingerprint density at radius 1 is 0.433 bits per heavy atom. The van der Waals surface area contributed by atoms with Crippen molar-refractivity contribution in [2.75, 3.05) is 28.4 Å². The fourth-order valence-electron chi connectivity index (χ4n) is 6.59. The van der Waals surface area contributed by atoms with Crippen molar-refractivity contribution in [1.29, 1.82) is 0 Å². The lowest BCUT2D eigenvalue weighted by Gasteiger charge is -2.56. The van der Waals surface area contributed by atoms with Crippen molar-refractivity contribution in [2.24, 2.45) is 10.8 Å². The highest BCUT2D eigenvalue weighted by atomic mass is 19.4. The molecule has 348 valence electrons. The molecule has 28 heteroatoms. The second-order valence-electron chi connectivity index (χ2n) is 11.6. The molecule has 4 unspecified atom stereocenters. The van der Waals surface area contributed by atoms with Gasteiger partial charge < -0.3 is 18.9 Å². The molecule has 1 aliphatic carbocycles. The molecule has 0 heterocycles. The molecule has 0 N–H and O–H groups in total. The molecular weight excluding hydrogens is 904 g/mol. The summed E-state index contributed by atoms with van der Waals surface area (Å²) in [6.45, 7) is 8.08. The van der Waals surface area contributed by atoms with E-state index in [-0.39, 0.29) is 28.4 Å². The van der Waals surface area contributed by atoms with Crippen molar-refractivity contribution in [1.82, 2.24) is 0 Å². The van der Waals surface area contributed by atoms with Gasteiger partial charge in [-0.1, -0.05) is 56.1 Å². The van der Waals surface area contributed by atoms with Gasteiger partial charge >= 0.3 is 49.4 Å². The summed E-state index contributed by atoms with van der Waals surface area (Å²) in [6.07, 6.45) is -57.4. The number of alkyl halides is 24. The molecule has 1 aromatic carbocycles. The third kappa shape index (κ3) is 7.96. The first-order valence-electron chi connectivity index (χ1n) is 14.9. The first-order chi connectivity index (χ1) is 26.5. The second-order valence-corrected chi connectivity index (χ2v) is 11.6. The fraction of sp³-hybridized carbons (Fsp3) is 0.562. The van der Waals surface area contributed by atoms with Crippen LogP contribution in [-0.2, 0) is 18.9 Å². The third-order valence-corrected chi connectivity index (χ3v) is 9.06. The van der Waals surface area contributed by atoms with Gasteiger partial charge in [0, 0.05) is 28.4 Å². The van der Waals surface area contributed by atoms with Crippen molar-refractivity contribution in [2.45, 2.75) is 71.8 Å². The van der Waals surface area contributed by atoms with E-state index in [4.69, 9.17) is 0 Å². The Morgan fingerprint density at radius 3 is 0.850 bits per heavy atom. The number of benzene rings is 1. The quantitative estimate of drug-likeness (QED) is 0.183. The van der Waals surface area contributed by atoms with Gasteiger partial charge in [-0.05, 0) is 29.9 Å². The van der Waals surface area contributed by atoms with Crippen molar-refractivity contribution >= 4 is 6.08 Å². The Bertz CT molecular complexity index is 1530. The van der Waals surface area contributed by atoms with Gasteiger partial charge in [-0.3, -0.25) is 0 Å². The first kappa shape index (κ1) is 56.3. The molecule has 0 spiro atoms. The molecule has 1 aromatic rings. The molecule has 4 atom stereocenters. The van der Waals surface area contributed by atoms with Crippen LogP contribution >= 0.6 is 0 Å². The van der Waals surface area contributed by atoms with Crippen LogP contribution in [-0.4, -0.2) is 100 Å². The van der Waals surface area contributed by atoms with E-state index in [2.05, 4.69) is 38.7 Å². The normalized spacial score (nSPS) is 22.6. The molecular formula is C32H28F24O4. The zero-order valence-corrected chi connectivity index (χ0v) is 30.1. The summed E-state index contributed by atoms with van der Waals surface area (Å²) < 4.78 is 337. The maximum atomic E-state index is 13.7. The standard InChI is InChI=1S/C13H12F12O2.C11H8F12O2.C8H8/c1-5-7(26-3,10(14,15)16)9(12(20,21)22,13(23,24)25)8(6-2,27-4)11(17,18)19;1-24-5(8(12,13)14)3-4-6(25-2,9(15,16)17)7(5,10(18,19)20)11(21,22)23;1-2-8-6-4-3-5-7-8/h5-6H,1-2H2,3-4H3;3-4H,1-2H3;2-7H,1H2. The van der Waals surface area contributed by atoms with Gasteiger partial charge in [0.05, 0.1) is 0 Å². The molecule has 60 heavy (non-hydrogen) atoms. The molecule has 0 aromatic heterocycles. The predicted molar refractivity (Wildman–Crippen MR) is 158 cm³/mol. The maximum absolute atomic E-state index is 13.7. The topological polar surface area (TPSA) is 36.9 Å². The Kier molecular flexibility index (Phi) is 16.2. The molecule has 0 saturated carbocycles. The second kappa shape index (κ2) is 17.2. The fourth-order valence-corrected chi connectivity index (χ4v) is 6.59. The van der Waals surface area contributed by atoms with Crippen LogP contribution in [0.25, 0.3) is 6.08 Å². The summed E-state index contributed by atoms with van der Waals surface area (Å²) in [5.41, 5.74) is -34.3. The van der Waals surface area contributed by atoms with E-state index in [9.17, 15) is 105 Å². The largest absolute Gasteiger partial charge is 0.422 e. The Balaban J connectivity index is 0.000000977. The van der Waals surface area contributed by atoms with Gasteiger partial charge in [-0.25, -0.2) is 0 Å². The summed E-state index contributed by atoms with van der Waals surface area (Å²) >= 11 is 0. The lowest BCUT2D eigenvalue weighted by atomic mass is 9.58. The summed E-state index contributed by atoms with van der Waals surface area (Å²) in [5, 5.41) is 0. The van der Waals surface area contributed by atoms with E-state index in [1.807, 2.05) is 36.4 Å². The molecule has 0 fully saturated rings. The SMILES string of the molecule is C=CC(OC)(C(F)(F)F)C(C(F)(F)F)(C(F)(F)F)C(C=C)(OC)C(F)(F)F.C=Cc1ccccc1.COC1(C(F)(F)F)C=CC(OC)(C(F)(F)F)C1(C(F)(F)F)C(F)(F)F. The van der Waals surface area contributed by atoms with Gasteiger partial charge in [0.15, 0.2) is 0 Å². The number of halogens is 24. The lowest BCUT2D eigenvalue weighted by molar-refractivity contribution is -0.483. The lowest BCUT2D eigenvalue weighted by Crippen LogP contribution is -2.81. The molecule has 0 radical (unpaired) electrons. The molecule has 0 amide bonds. The summed E-state index contributed by atoms with van der Waals surface area (Å²) in [7, 11) is -0.985. The molecule has 4 nitrogen and oxygen atoms in total. The van der Waals surface area contributed by atoms with Gasteiger partial charge in [0.2, 0.25) is 33.2 Å². The highest BCUT2D eigenvalue weighted by Gasteiger charge is 2.99. The zero-order valence-electron chi connectivity index (χ0n) is 30.1. The van der Waals surface area contributed by atoms with E-state index in [0.29, 0.717) is 0 Å². The highest BCUT2D eigenvalue weighted by Crippen LogP contribution is 2.74. The van der Waals surface area contributed by atoms with Crippen LogP contribution in [0.4, 0.5) is 105 Å². The van der Waals surface area contributed by atoms with Crippen LogP contribution in [0.2, 0.25) is 0 Å². The molecule has 0 saturated heterocycles. The molecule has 1 aliphatic rings. The van der Waals surface area contributed by atoms with E-state index >= 15 is 0 Å². The van der Waals surface area contributed by atoms with Crippen LogP contribution in [0.3, 0.4) is 0 Å². The molecule has 0 bridgehead atoms. The smallest absolute Gasteiger partial charge is 0.364 e. The van der Waals surface area contributed by atoms with Gasteiger partial charge in [-0.15, -0.1) is 0 Å². The van der Waals surface area contributed by atoms with Crippen molar-refractivity contribution in [3.8, 4) is 0 Å². The highest BCUT2D eigenvalue weighted by molar-refractivity contribution is 5.45. The molecule has 2 rings (SSSR count). The monoisotopic (exact) mass is 932 g/mol. The maximum Gasteiger partial charge on any atom is 0.422 e. The summed E-state index contributed by atoms with van der Waals surface area (Å²) in [6, 6.07) is 10.0. The minimum absolute atomic E-state index is 0.216. The average Bonchev–Trinajstić information content (AvgIpc) is 3.43. The minimum Gasteiger partial charge on any atom is -0.364 e. The Hall–Kier alpha value is -3.66. The van der Waals surface area contributed by atoms with Crippen molar-refractivity contribution < 1.29 is 124 Å².